The minimum absolute atomic E-state index is 0.0560. The van der Waals surface area contributed by atoms with Gasteiger partial charge >= 0.3 is 12.6 Å². The summed E-state index contributed by atoms with van der Waals surface area (Å²) >= 11 is 0. The number of piperidine rings is 1. The molecule has 0 spiro atoms. The Morgan fingerprint density at radius 3 is 2.78 bits per heavy atom. The first-order valence-corrected chi connectivity index (χ1v) is 7.20. The first kappa shape index (κ1) is 17.1. The molecular weight excluding hydrogens is 310 g/mol. The molecule has 1 saturated heterocycles. The number of hydrogen-bond donors (Lipinski definition) is 2. The van der Waals surface area contributed by atoms with Crippen LogP contribution in [-0.4, -0.2) is 38.7 Å². The summed E-state index contributed by atoms with van der Waals surface area (Å²) in [5.74, 6) is -1.47. The van der Waals surface area contributed by atoms with Gasteiger partial charge in [-0.05, 0) is 37.6 Å². The molecule has 1 aliphatic rings. The van der Waals surface area contributed by atoms with Crippen molar-refractivity contribution < 1.29 is 27.8 Å². The number of methoxy groups -OCH3 is 1. The number of nitrogens with one attached hydrogen (secondary N) is 2. The fourth-order valence-electron chi connectivity index (χ4n) is 2.37. The largest absolute Gasteiger partial charge is 0.465 e. The number of ether oxygens (including phenoxy) is 2. The molecule has 1 aromatic rings. The Kier molecular flexibility index (Phi) is 5.86. The summed E-state index contributed by atoms with van der Waals surface area (Å²) in [6.07, 6.45) is 1.60. The second-order valence-electron chi connectivity index (χ2n) is 5.11. The second-order valence-corrected chi connectivity index (χ2v) is 5.11. The van der Waals surface area contributed by atoms with Gasteiger partial charge in [0.25, 0.3) is 0 Å². The predicted octanol–water partition coefficient (Wildman–Crippen LogP) is 2.01. The number of carbonyl (C=O) groups excluding carboxylic acids is 2. The highest BCUT2D eigenvalue weighted by Gasteiger charge is 2.23. The standard InChI is InChI=1S/C15H18F2N2O4/c1-22-14(21)9-4-5-11(12(7-9)23-15(16)17)19-13(20)10-3-2-6-18-8-10/h4-5,7,10,15,18H,2-3,6,8H2,1H3,(H,19,20). The van der Waals surface area contributed by atoms with Crippen molar-refractivity contribution in [3.05, 3.63) is 23.8 Å². The van der Waals surface area contributed by atoms with Crippen LogP contribution < -0.4 is 15.4 Å². The Morgan fingerprint density at radius 2 is 2.17 bits per heavy atom. The van der Waals surface area contributed by atoms with Crippen molar-refractivity contribution in [3.63, 3.8) is 0 Å². The molecule has 0 bridgehead atoms. The van der Waals surface area contributed by atoms with Crippen molar-refractivity contribution >= 4 is 17.6 Å². The van der Waals surface area contributed by atoms with Gasteiger partial charge < -0.3 is 20.1 Å². The summed E-state index contributed by atoms with van der Waals surface area (Å²) in [6, 6.07) is 3.84. The van der Waals surface area contributed by atoms with Crippen LogP contribution >= 0.6 is 0 Å². The average Bonchev–Trinajstić information content (AvgIpc) is 2.56. The van der Waals surface area contributed by atoms with E-state index in [2.05, 4.69) is 20.1 Å². The quantitative estimate of drug-likeness (QED) is 0.809. The van der Waals surface area contributed by atoms with E-state index in [0.29, 0.717) is 6.54 Å². The van der Waals surface area contributed by atoms with Crippen LogP contribution in [0, 0.1) is 5.92 Å². The van der Waals surface area contributed by atoms with Crippen LogP contribution in [-0.2, 0) is 9.53 Å². The fourth-order valence-corrected chi connectivity index (χ4v) is 2.37. The third-order valence-corrected chi connectivity index (χ3v) is 3.54. The zero-order chi connectivity index (χ0) is 16.8. The highest BCUT2D eigenvalue weighted by Crippen LogP contribution is 2.29. The Hall–Kier alpha value is -2.22. The van der Waals surface area contributed by atoms with Crippen molar-refractivity contribution in [2.24, 2.45) is 5.92 Å². The van der Waals surface area contributed by atoms with E-state index in [1.165, 1.54) is 19.2 Å². The van der Waals surface area contributed by atoms with E-state index >= 15 is 0 Å². The minimum atomic E-state index is -3.07. The zero-order valence-electron chi connectivity index (χ0n) is 12.6. The van der Waals surface area contributed by atoms with Gasteiger partial charge in [0, 0.05) is 6.54 Å². The molecule has 126 valence electrons. The Bertz CT molecular complexity index is 575. The molecule has 8 heteroatoms. The van der Waals surface area contributed by atoms with Crippen LogP contribution in [0.4, 0.5) is 14.5 Å². The topological polar surface area (TPSA) is 76.7 Å². The molecule has 2 N–H and O–H groups in total. The minimum Gasteiger partial charge on any atom is -0.465 e. The van der Waals surface area contributed by atoms with Gasteiger partial charge in [0.05, 0.1) is 24.3 Å². The number of rotatable bonds is 5. The van der Waals surface area contributed by atoms with Crippen LogP contribution in [0.1, 0.15) is 23.2 Å². The number of benzene rings is 1. The van der Waals surface area contributed by atoms with Crippen LogP contribution in [0.5, 0.6) is 5.75 Å². The van der Waals surface area contributed by atoms with Gasteiger partial charge in [-0.25, -0.2) is 4.79 Å². The van der Waals surface area contributed by atoms with E-state index in [1.807, 2.05) is 0 Å². The maximum Gasteiger partial charge on any atom is 0.387 e. The van der Waals surface area contributed by atoms with Crippen LogP contribution in [0.3, 0.4) is 0 Å². The first-order chi connectivity index (χ1) is 11.0. The van der Waals surface area contributed by atoms with Gasteiger partial charge in [0.15, 0.2) is 0 Å². The molecule has 1 unspecified atom stereocenters. The summed E-state index contributed by atoms with van der Waals surface area (Å²) in [5, 5.41) is 5.69. The highest BCUT2D eigenvalue weighted by molar-refractivity contribution is 5.96. The lowest BCUT2D eigenvalue weighted by Crippen LogP contribution is -2.37. The smallest absolute Gasteiger partial charge is 0.387 e. The van der Waals surface area contributed by atoms with Crippen molar-refractivity contribution in [1.29, 1.82) is 0 Å². The molecule has 1 heterocycles. The highest BCUT2D eigenvalue weighted by atomic mass is 19.3. The summed E-state index contributed by atoms with van der Waals surface area (Å²) < 4.78 is 34.0. The summed E-state index contributed by atoms with van der Waals surface area (Å²) in [7, 11) is 1.18. The molecule has 1 aliphatic heterocycles. The maximum atomic E-state index is 12.5. The summed E-state index contributed by atoms with van der Waals surface area (Å²) in [6.45, 7) is -1.68. The van der Waals surface area contributed by atoms with Gasteiger partial charge in [-0.2, -0.15) is 8.78 Å². The average molecular weight is 328 g/mol. The molecule has 0 saturated carbocycles. The number of carbonyl (C=O) groups is 2. The van der Waals surface area contributed by atoms with Gasteiger partial charge in [-0.1, -0.05) is 0 Å². The molecule has 0 aliphatic carbocycles. The molecule has 6 nitrogen and oxygen atoms in total. The van der Waals surface area contributed by atoms with Gasteiger partial charge in [-0.15, -0.1) is 0 Å². The van der Waals surface area contributed by atoms with E-state index in [-0.39, 0.29) is 28.8 Å². The Labute approximate surface area is 132 Å². The summed E-state index contributed by atoms with van der Waals surface area (Å²) in [4.78, 5) is 23.7. The zero-order valence-corrected chi connectivity index (χ0v) is 12.6. The molecule has 23 heavy (non-hydrogen) atoms. The molecule has 1 amide bonds. The predicted molar refractivity (Wildman–Crippen MR) is 78.6 cm³/mol. The third-order valence-electron chi connectivity index (χ3n) is 3.54. The number of esters is 1. The van der Waals surface area contributed by atoms with Gasteiger partial charge in [0.2, 0.25) is 5.91 Å². The first-order valence-electron chi connectivity index (χ1n) is 7.20. The molecule has 1 fully saturated rings. The van der Waals surface area contributed by atoms with Crippen LogP contribution in [0.2, 0.25) is 0 Å². The van der Waals surface area contributed by atoms with E-state index < -0.39 is 12.6 Å². The lowest BCUT2D eigenvalue weighted by Gasteiger charge is -2.22. The van der Waals surface area contributed by atoms with Gasteiger partial charge in [0.1, 0.15) is 5.75 Å². The van der Waals surface area contributed by atoms with E-state index in [4.69, 9.17) is 0 Å². The SMILES string of the molecule is COC(=O)c1ccc(NC(=O)C2CCCNC2)c(OC(F)F)c1. The van der Waals surface area contributed by atoms with Crippen molar-refractivity contribution in [2.75, 3.05) is 25.5 Å². The summed E-state index contributed by atoms with van der Waals surface area (Å²) in [5.41, 5.74) is 0.147. The third kappa shape index (κ3) is 4.62. The van der Waals surface area contributed by atoms with E-state index in [0.717, 1.165) is 25.5 Å². The van der Waals surface area contributed by atoms with Crippen LogP contribution in [0.15, 0.2) is 18.2 Å². The maximum absolute atomic E-state index is 12.5. The molecule has 1 atom stereocenters. The normalized spacial score (nSPS) is 17.7. The van der Waals surface area contributed by atoms with Crippen LogP contribution in [0.25, 0.3) is 0 Å². The number of halogens is 2. The lowest BCUT2D eigenvalue weighted by atomic mass is 9.98. The molecule has 0 radical (unpaired) electrons. The fraction of sp³-hybridized carbons (Fsp3) is 0.467. The molecule has 1 aromatic carbocycles. The number of hydrogen-bond acceptors (Lipinski definition) is 5. The Morgan fingerprint density at radius 1 is 1.39 bits per heavy atom. The molecular formula is C15H18F2N2O4. The molecule has 0 aromatic heterocycles. The monoisotopic (exact) mass is 328 g/mol. The van der Waals surface area contributed by atoms with Crippen molar-refractivity contribution in [2.45, 2.75) is 19.5 Å². The van der Waals surface area contributed by atoms with E-state index in [9.17, 15) is 18.4 Å². The molecule has 2 rings (SSSR count). The number of amides is 1. The van der Waals surface area contributed by atoms with Gasteiger partial charge in [-0.3, -0.25) is 4.79 Å². The van der Waals surface area contributed by atoms with Crippen molar-refractivity contribution in [3.8, 4) is 5.75 Å². The second kappa shape index (κ2) is 7.87. The Balaban J connectivity index is 2.18. The number of anilines is 1. The van der Waals surface area contributed by atoms with E-state index in [1.54, 1.807) is 0 Å². The lowest BCUT2D eigenvalue weighted by molar-refractivity contribution is -0.120. The van der Waals surface area contributed by atoms with Crippen molar-refractivity contribution in [1.82, 2.24) is 5.32 Å². The number of alkyl halides is 2.